The van der Waals surface area contributed by atoms with Crippen molar-refractivity contribution in [1.82, 2.24) is 14.5 Å². The predicted octanol–water partition coefficient (Wildman–Crippen LogP) is 6.38. The number of hydrogen-bond acceptors (Lipinski definition) is 3. The van der Waals surface area contributed by atoms with E-state index in [1.54, 1.807) is 0 Å². The predicted molar refractivity (Wildman–Crippen MR) is 120 cm³/mol. The van der Waals surface area contributed by atoms with Crippen molar-refractivity contribution in [3.05, 3.63) is 89.6 Å². The van der Waals surface area contributed by atoms with Crippen LogP contribution in [0.4, 0.5) is 0 Å². The molecule has 0 spiro atoms. The van der Waals surface area contributed by atoms with Gasteiger partial charge in [-0.3, -0.25) is 9.97 Å². The van der Waals surface area contributed by atoms with Gasteiger partial charge in [-0.2, -0.15) is 0 Å². The molecule has 0 N–H and O–H groups in total. The summed E-state index contributed by atoms with van der Waals surface area (Å²) < 4.78 is 7.59. The van der Waals surface area contributed by atoms with E-state index in [1.807, 2.05) is 24.5 Å². The molecule has 0 atom stereocenters. The number of hydrogen-bond donors (Lipinski definition) is 0. The summed E-state index contributed by atoms with van der Waals surface area (Å²) in [7, 11) is 0. The van der Waals surface area contributed by atoms with Crippen molar-refractivity contribution in [2.45, 2.75) is 27.7 Å². The Morgan fingerprint density at radius 3 is 2.32 bits per heavy atom. The second-order valence-electron chi connectivity index (χ2n) is 7.76. The summed E-state index contributed by atoms with van der Waals surface area (Å²) in [6.45, 7) is 8.65. The Kier molecular flexibility index (Phi) is 5.65. The van der Waals surface area contributed by atoms with Crippen molar-refractivity contribution in [2.24, 2.45) is 0 Å². The third-order valence-electron chi connectivity index (χ3n) is 5.66. The molecule has 0 fully saturated rings. The van der Waals surface area contributed by atoms with E-state index >= 15 is 0 Å². The fourth-order valence-electron chi connectivity index (χ4n) is 4.42. The van der Waals surface area contributed by atoms with E-state index in [-0.39, 0.29) is 20.1 Å². The van der Waals surface area contributed by atoms with Crippen LogP contribution >= 0.6 is 0 Å². The number of fused-ring (bicyclic) bond motifs is 1. The molecule has 0 aliphatic carbocycles. The molecular formula is C26H22IrN3O-. The zero-order valence-electron chi connectivity index (χ0n) is 17.9. The minimum absolute atomic E-state index is 0. The van der Waals surface area contributed by atoms with Gasteiger partial charge in [-0.05, 0) is 73.2 Å². The van der Waals surface area contributed by atoms with Crippen molar-refractivity contribution >= 4 is 11.1 Å². The maximum atomic E-state index is 5.47. The van der Waals surface area contributed by atoms with Crippen molar-refractivity contribution in [3.63, 3.8) is 0 Å². The summed E-state index contributed by atoms with van der Waals surface area (Å²) in [4.78, 5) is 9.01. The van der Waals surface area contributed by atoms with Gasteiger partial charge in [0.05, 0.1) is 11.4 Å². The number of nitrogens with zero attached hydrogens (tertiary/aromatic N) is 3. The van der Waals surface area contributed by atoms with Crippen LogP contribution in [-0.4, -0.2) is 14.5 Å². The number of imidazole rings is 1. The van der Waals surface area contributed by atoms with Crippen LogP contribution in [0.25, 0.3) is 39.3 Å². The van der Waals surface area contributed by atoms with E-state index in [2.05, 4.69) is 78.6 Å². The Labute approximate surface area is 195 Å². The van der Waals surface area contributed by atoms with Gasteiger partial charge in [0.25, 0.3) is 0 Å². The normalized spacial score (nSPS) is 11.0. The monoisotopic (exact) mass is 585 g/mol. The summed E-state index contributed by atoms with van der Waals surface area (Å²) in [6.07, 6.45) is 5.28. The first-order chi connectivity index (χ1) is 14.5. The Morgan fingerprint density at radius 2 is 1.61 bits per heavy atom. The van der Waals surface area contributed by atoms with Crippen LogP contribution in [-0.2, 0) is 20.1 Å². The Balaban J connectivity index is 0.00000231. The first-order valence-corrected chi connectivity index (χ1v) is 10.0. The number of aryl methyl sites for hydroxylation is 4. The van der Waals surface area contributed by atoms with E-state index in [4.69, 9.17) is 4.42 Å². The van der Waals surface area contributed by atoms with Crippen molar-refractivity contribution in [2.75, 3.05) is 0 Å². The van der Waals surface area contributed by atoms with Crippen molar-refractivity contribution < 1.29 is 24.5 Å². The quantitative estimate of drug-likeness (QED) is 0.231. The molecule has 0 unspecified atom stereocenters. The van der Waals surface area contributed by atoms with Gasteiger partial charge in [-0.1, -0.05) is 29.8 Å². The van der Waals surface area contributed by atoms with Gasteiger partial charge in [0.2, 0.25) is 0 Å². The second-order valence-corrected chi connectivity index (χ2v) is 7.76. The average molecular weight is 585 g/mol. The molecule has 4 nitrogen and oxygen atoms in total. The molecule has 2 aromatic heterocycles. The standard InChI is InChI=1S/C26H22N3O.Ir/c1-16-7-5-8-17(2)23(16)20-13-18(3)25(19(4)14-20)29-12-11-27-26(29)21-9-6-10-22-24(21)28-15-30-22;/h5-8,10-15H,1-4H3;/q-1;. The molecule has 31 heavy (non-hydrogen) atoms. The summed E-state index contributed by atoms with van der Waals surface area (Å²) in [6, 6.07) is 18.0. The third-order valence-corrected chi connectivity index (χ3v) is 5.66. The van der Waals surface area contributed by atoms with Gasteiger partial charge < -0.3 is 8.98 Å². The molecule has 0 aliphatic heterocycles. The molecule has 0 amide bonds. The number of oxazole rings is 1. The van der Waals surface area contributed by atoms with Crippen molar-refractivity contribution in [1.29, 1.82) is 0 Å². The van der Waals surface area contributed by atoms with Crippen LogP contribution in [0.5, 0.6) is 0 Å². The summed E-state index contributed by atoms with van der Waals surface area (Å²) >= 11 is 0. The molecule has 0 saturated carbocycles. The smallest absolute Gasteiger partial charge is 0.170 e. The average Bonchev–Trinajstić information content (AvgIpc) is 3.36. The van der Waals surface area contributed by atoms with E-state index in [0.717, 1.165) is 28.2 Å². The van der Waals surface area contributed by atoms with Crippen LogP contribution in [0, 0.1) is 33.8 Å². The molecule has 3 aromatic carbocycles. The maximum Gasteiger partial charge on any atom is 0.170 e. The van der Waals surface area contributed by atoms with E-state index < -0.39 is 0 Å². The van der Waals surface area contributed by atoms with Crippen LogP contribution in [0.2, 0.25) is 0 Å². The Morgan fingerprint density at radius 1 is 0.903 bits per heavy atom. The zero-order valence-corrected chi connectivity index (χ0v) is 20.3. The molecule has 0 aliphatic rings. The molecule has 5 heteroatoms. The molecule has 0 saturated heterocycles. The minimum atomic E-state index is 0. The van der Waals surface area contributed by atoms with E-state index in [9.17, 15) is 0 Å². The summed E-state index contributed by atoms with van der Waals surface area (Å²) in [5, 5.41) is 0. The largest absolute Gasteiger partial charge is 0.464 e. The van der Waals surface area contributed by atoms with Crippen LogP contribution in [0.3, 0.4) is 0 Å². The van der Waals surface area contributed by atoms with E-state index in [1.165, 1.54) is 39.8 Å². The van der Waals surface area contributed by atoms with Gasteiger partial charge >= 0.3 is 0 Å². The van der Waals surface area contributed by atoms with Gasteiger partial charge in [-0.25, -0.2) is 0 Å². The number of rotatable bonds is 3. The van der Waals surface area contributed by atoms with Gasteiger partial charge in [0.1, 0.15) is 0 Å². The van der Waals surface area contributed by atoms with Crippen LogP contribution < -0.4 is 0 Å². The first-order valence-electron chi connectivity index (χ1n) is 10.0. The molecule has 0 bridgehead atoms. The molecule has 5 aromatic rings. The molecule has 157 valence electrons. The molecule has 1 radical (unpaired) electrons. The van der Waals surface area contributed by atoms with Gasteiger partial charge in [0, 0.05) is 43.7 Å². The Bertz CT molecular complexity index is 1350. The fourth-order valence-corrected chi connectivity index (χ4v) is 4.42. The minimum Gasteiger partial charge on any atom is -0.464 e. The molecular weight excluding hydrogens is 563 g/mol. The topological polar surface area (TPSA) is 43.9 Å². The molecule has 5 rings (SSSR count). The SMILES string of the molecule is Cc1cccc(C)c1-c1cc(C)c(-n2ccnc2-c2[c-]ccc3ocnc23)c(C)c1.[Ir]. The number of benzene rings is 3. The summed E-state index contributed by atoms with van der Waals surface area (Å²) in [5.41, 5.74) is 11.0. The van der Waals surface area contributed by atoms with Crippen LogP contribution in [0.1, 0.15) is 22.3 Å². The third kappa shape index (κ3) is 3.54. The van der Waals surface area contributed by atoms with Gasteiger partial charge in [-0.15, -0.1) is 12.1 Å². The Hall–Kier alpha value is -3.01. The first kappa shape index (κ1) is 21.2. The maximum absolute atomic E-state index is 5.47. The fraction of sp³-hybridized carbons (Fsp3) is 0.154. The van der Waals surface area contributed by atoms with Crippen molar-refractivity contribution in [3.8, 4) is 28.2 Å². The zero-order chi connectivity index (χ0) is 20.8. The van der Waals surface area contributed by atoms with Gasteiger partial charge in [0.15, 0.2) is 6.39 Å². The van der Waals surface area contributed by atoms with Crippen LogP contribution in [0.15, 0.2) is 65.7 Å². The molecule has 2 heterocycles. The summed E-state index contributed by atoms with van der Waals surface area (Å²) in [5.74, 6) is 0.806. The number of aromatic nitrogens is 3. The second kappa shape index (κ2) is 8.26. The van der Waals surface area contributed by atoms with E-state index in [0.29, 0.717) is 0 Å².